The normalized spacial score (nSPS) is 10.6. The van der Waals surface area contributed by atoms with E-state index in [1.807, 2.05) is 0 Å². The van der Waals surface area contributed by atoms with Crippen LogP contribution in [-0.4, -0.2) is 44.1 Å². The molecule has 0 bridgehead atoms. The van der Waals surface area contributed by atoms with Gasteiger partial charge in [-0.3, -0.25) is 0 Å². The topological polar surface area (TPSA) is 65.0 Å². The number of hydrogen-bond acceptors (Lipinski definition) is 4. The molecule has 0 amide bonds. The van der Waals surface area contributed by atoms with Gasteiger partial charge in [0.25, 0.3) is 0 Å². The molecule has 0 atom stereocenters. The Morgan fingerprint density at radius 3 is 2.36 bits per heavy atom. The number of aromatic carboxylic acids is 1. The Hall–Kier alpha value is -1.59. The van der Waals surface area contributed by atoms with Gasteiger partial charge in [0.2, 0.25) is 0 Å². The highest BCUT2D eigenvalue weighted by Gasteiger charge is 2.09. The van der Waals surface area contributed by atoms with Crippen molar-refractivity contribution < 1.29 is 24.1 Å². The molecule has 0 aromatic heterocycles. The molecule has 0 saturated heterocycles. The van der Waals surface area contributed by atoms with Crippen molar-refractivity contribution in [3.63, 3.8) is 0 Å². The van der Waals surface area contributed by atoms with Gasteiger partial charge in [0.05, 0.1) is 19.8 Å². The minimum Gasteiger partial charge on any atom is -0.490 e. The third-order valence-corrected chi connectivity index (χ3v) is 3.12. The van der Waals surface area contributed by atoms with Crippen LogP contribution in [0.3, 0.4) is 0 Å². The summed E-state index contributed by atoms with van der Waals surface area (Å²) in [6.07, 6.45) is 4.81. The zero-order chi connectivity index (χ0) is 16.0. The predicted octanol–water partition coefficient (Wildman–Crippen LogP) is 3.38. The SMILES string of the molecule is CCCCCCOCCOCCOc1ccccc1C(=O)O. The Bertz CT molecular complexity index is 419. The monoisotopic (exact) mass is 310 g/mol. The Morgan fingerprint density at radius 2 is 1.64 bits per heavy atom. The van der Waals surface area contributed by atoms with Crippen LogP contribution >= 0.6 is 0 Å². The van der Waals surface area contributed by atoms with E-state index in [1.54, 1.807) is 18.2 Å². The third-order valence-electron chi connectivity index (χ3n) is 3.12. The average molecular weight is 310 g/mol. The molecule has 1 aromatic carbocycles. The summed E-state index contributed by atoms with van der Waals surface area (Å²) in [7, 11) is 0. The number of rotatable bonds is 13. The van der Waals surface area contributed by atoms with Gasteiger partial charge in [-0.1, -0.05) is 38.3 Å². The molecule has 0 aliphatic heterocycles. The molecule has 5 heteroatoms. The smallest absolute Gasteiger partial charge is 0.339 e. The summed E-state index contributed by atoms with van der Waals surface area (Å²) >= 11 is 0. The maximum atomic E-state index is 11.0. The van der Waals surface area contributed by atoms with Crippen LogP contribution in [0.1, 0.15) is 43.0 Å². The van der Waals surface area contributed by atoms with E-state index in [2.05, 4.69) is 6.92 Å². The lowest BCUT2D eigenvalue weighted by Gasteiger charge is -2.09. The van der Waals surface area contributed by atoms with E-state index in [0.717, 1.165) is 13.0 Å². The number of carboxylic acids is 1. The summed E-state index contributed by atoms with van der Waals surface area (Å²) in [5, 5.41) is 9.02. The van der Waals surface area contributed by atoms with Gasteiger partial charge in [-0.15, -0.1) is 0 Å². The van der Waals surface area contributed by atoms with Gasteiger partial charge in [-0.25, -0.2) is 4.79 Å². The van der Waals surface area contributed by atoms with E-state index < -0.39 is 5.97 Å². The second-order valence-corrected chi connectivity index (χ2v) is 4.94. The molecule has 1 rings (SSSR count). The third kappa shape index (κ3) is 8.00. The minimum atomic E-state index is -0.993. The molecule has 0 unspecified atom stereocenters. The second-order valence-electron chi connectivity index (χ2n) is 4.94. The van der Waals surface area contributed by atoms with E-state index in [4.69, 9.17) is 19.3 Å². The van der Waals surface area contributed by atoms with Gasteiger partial charge >= 0.3 is 5.97 Å². The fraction of sp³-hybridized carbons (Fsp3) is 0.588. The van der Waals surface area contributed by atoms with Crippen molar-refractivity contribution >= 4 is 5.97 Å². The zero-order valence-corrected chi connectivity index (χ0v) is 13.3. The van der Waals surface area contributed by atoms with Crippen molar-refractivity contribution in [1.82, 2.24) is 0 Å². The molecule has 0 spiro atoms. The fourth-order valence-corrected chi connectivity index (χ4v) is 1.93. The summed E-state index contributed by atoms with van der Waals surface area (Å²) in [5.41, 5.74) is 0.165. The van der Waals surface area contributed by atoms with Crippen molar-refractivity contribution in [2.45, 2.75) is 32.6 Å². The molecular weight excluding hydrogens is 284 g/mol. The van der Waals surface area contributed by atoms with Gasteiger partial charge < -0.3 is 19.3 Å². The summed E-state index contributed by atoms with van der Waals surface area (Å²) in [6.45, 7) is 4.81. The number of unbranched alkanes of at least 4 members (excludes halogenated alkanes) is 3. The molecule has 1 aromatic rings. The molecular formula is C17H26O5. The number of hydrogen-bond donors (Lipinski definition) is 1. The second kappa shape index (κ2) is 12.0. The summed E-state index contributed by atoms with van der Waals surface area (Å²) < 4.78 is 16.3. The van der Waals surface area contributed by atoms with Gasteiger partial charge in [-0.2, -0.15) is 0 Å². The highest BCUT2D eigenvalue weighted by molar-refractivity contribution is 5.90. The van der Waals surface area contributed by atoms with Gasteiger partial charge in [0, 0.05) is 6.61 Å². The van der Waals surface area contributed by atoms with E-state index in [0.29, 0.717) is 32.2 Å². The molecule has 22 heavy (non-hydrogen) atoms. The van der Waals surface area contributed by atoms with E-state index in [9.17, 15) is 4.79 Å². The van der Waals surface area contributed by atoms with Gasteiger partial charge in [-0.05, 0) is 18.6 Å². The standard InChI is InChI=1S/C17H26O5/c1-2-3-4-7-10-20-11-12-21-13-14-22-16-9-6-5-8-15(16)17(18)19/h5-6,8-9H,2-4,7,10-14H2,1H3,(H,18,19). The lowest BCUT2D eigenvalue weighted by atomic mass is 10.2. The van der Waals surface area contributed by atoms with Gasteiger partial charge in [0.1, 0.15) is 17.9 Å². The van der Waals surface area contributed by atoms with Crippen LogP contribution in [0.4, 0.5) is 0 Å². The van der Waals surface area contributed by atoms with E-state index >= 15 is 0 Å². The first-order valence-electron chi connectivity index (χ1n) is 7.86. The molecule has 0 radical (unpaired) electrons. The van der Waals surface area contributed by atoms with Crippen molar-refractivity contribution in [2.75, 3.05) is 33.0 Å². The van der Waals surface area contributed by atoms with Crippen LogP contribution in [0.5, 0.6) is 5.75 Å². The van der Waals surface area contributed by atoms with Crippen molar-refractivity contribution in [3.05, 3.63) is 29.8 Å². The molecule has 0 heterocycles. The van der Waals surface area contributed by atoms with Crippen LogP contribution in [-0.2, 0) is 9.47 Å². The molecule has 0 fully saturated rings. The van der Waals surface area contributed by atoms with Crippen LogP contribution < -0.4 is 4.74 Å². The maximum Gasteiger partial charge on any atom is 0.339 e. The number of carboxylic acid groups (broad SMARTS) is 1. The Morgan fingerprint density at radius 1 is 0.955 bits per heavy atom. The first-order chi connectivity index (χ1) is 10.8. The first-order valence-corrected chi connectivity index (χ1v) is 7.86. The number of carbonyl (C=O) groups is 1. The van der Waals surface area contributed by atoms with Crippen LogP contribution in [0.25, 0.3) is 0 Å². The number of ether oxygens (including phenoxy) is 3. The maximum absolute atomic E-state index is 11.0. The highest BCUT2D eigenvalue weighted by atomic mass is 16.5. The van der Waals surface area contributed by atoms with E-state index in [-0.39, 0.29) is 5.56 Å². The predicted molar refractivity (Wildman–Crippen MR) is 84.7 cm³/mol. The lowest BCUT2D eigenvalue weighted by Crippen LogP contribution is -2.12. The summed E-state index contributed by atoms with van der Waals surface area (Å²) in [5.74, 6) is -0.626. The fourth-order valence-electron chi connectivity index (χ4n) is 1.93. The van der Waals surface area contributed by atoms with Crippen LogP contribution in [0.15, 0.2) is 24.3 Å². The summed E-state index contributed by atoms with van der Waals surface area (Å²) in [4.78, 5) is 11.0. The minimum absolute atomic E-state index is 0.165. The zero-order valence-electron chi connectivity index (χ0n) is 13.3. The largest absolute Gasteiger partial charge is 0.490 e. The van der Waals surface area contributed by atoms with Crippen molar-refractivity contribution in [3.8, 4) is 5.75 Å². The molecule has 0 saturated carbocycles. The summed E-state index contributed by atoms with van der Waals surface area (Å²) in [6, 6.07) is 6.58. The Kier molecular flexibility index (Phi) is 10.1. The molecule has 0 aliphatic rings. The quantitative estimate of drug-likeness (QED) is 0.566. The molecule has 124 valence electrons. The van der Waals surface area contributed by atoms with Crippen LogP contribution in [0, 0.1) is 0 Å². The average Bonchev–Trinajstić information content (AvgIpc) is 2.53. The first kappa shape index (κ1) is 18.5. The highest BCUT2D eigenvalue weighted by Crippen LogP contribution is 2.17. The Balaban J connectivity index is 2.01. The van der Waals surface area contributed by atoms with Crippen molar-refractivity contribution in [1.29, 1.82) is 0 Å². The Labute approximate surface area is 132 Å². The number of benzene rings is 1. The molecule has 1 N–H and O–H groups in total. The van der Waals surface area contributed by atoms with E-state index in [1.165, 1.54) is 25.3 Å². The van der Waals surface area contributed by atoms with Crippen molar-refractivity contribution in [2.24, 2.45) is 0 Å². The van der Waals surface area contributed by atoms with Gasteiger partial charge in [0.15, 0.2) is 0 Å². The molecule has 0 aliphatic carbocycles. The number of para-hydroxylation sites is 1. The lowest BCUT2D eigenvalue weighted by molar-refractivity contribution is 0.0349. The van der Waals surface area contributed by atoms with Crippen LogP contribution in [0.2, 0.25) is 0 Å². The molecule has 5 nitrogen and oxygen atoms in total.